The normalized spacial score (nSPS) is 10.3. The van der Waals surface area contributed by atoms with Crippen molar-refractivity contribution in [3.8, 4) is 11.1 Å². The Morgan fingerprint density at radius 3 is 2.53 bits per heavy atom. The van der Waals surface area contributed by atoms with Gasteiger partial charge in [0.25, 0.3) is 0 Å². The van der Waals surface area contributed by atoms with Crippen LogP contribution in [0.2, 0.25) is 0 Å². The van der Waals surface area contributed by atoms with Crippen molar-refractivity contribution in [1.82, 2.24) is 0 Å². The van der Waals surface area contributed by atoms with Crippen molar-refractivity contribution in [2.75, 3.05) is 0 Å². The Bertz CT molecular complexity index is 467. The second kappa shape index (κ2) is 3.88. The molecular formula is C10H8BFO3. The van der Waals surface area contributed by atoms with Gasteiger partial charge >= 0.3 is 7.12 Å². The summed E-state index contributed by atoms with van der Waals surface area (Å²) in [5, 5.41) is 17.7. The van der Waals surface area contributed by atoms with Crippen LogP contribution in [0.15, 0.2) is 41.0 Å². The van der Waals surface area contributed by atoms with Crippen molar-refractivity contribution in [1.29, 1.82) is 0 Å². The third-order valence-corrected chi connectivity index (χ3v) is 2.03. The maximum atomic E-state index is 12.9. The molecule has 0 fully saturated rings. The van der Waals surface area contributed by atoms with Crippen LogP contribution in [0.1, 0.15) is 0 Å². The van der Waals surface area contributed by atoms with E-state index in [1.807, 2.05) is 0 Å². The van der Waals surface area contributed by atoms with E-state index in [1.165, 1.54) is 24.5 Å². The molecule has 0 aliphatic heterocycles. The van der Waals surface area contributed by atoms with Crippen LogP contribution in [0, 0.1) is 5.82 Å². The molecule has 0 bridgehead atoms. The summed E-state index contributed by atoms with van der Waals surface area (Å²) in [6, 6.07) is 7.43. The number of benzene rings is 1. The van der Waals surface area contributed by atoms with Crippen molar-refractivity contribution < 1.29 is 18.9 Å². The van der Waals surface area contributed by atoms with Crippen LogP contribution >= 0.6 is 0 Å². The van der Waals surface area contributed by atoms with Gasteiger partial charge in [-0.2, -0.15) is 0 Å². The summed E-state index contributed by atoms with van der Waals surface area (Å²) in [4.78, 5) is 0. The summed E-state index contributed by atoms with van der Waals surface area (Å²) in [7, 11) is -1.65. The molecule has 0 unspecified atom stereocenters. The third-order valence-electron chi connectivity index (χ3n) is 2.03. The average molecular weight is 206 g/mol. The van der Waals surface area contributed by atoms with Crippen LogP contribution in [0.4, 0.5) is 4.39 Å². The number of rotatable bonds is 2. The Kier molecular flexibility index (Phi) is 2.57. The Labute approximate surface area is 85.9 Å². The summed E-state index contributed by atoms with van der Waals surface area (Å²) in [5.74, 6) is -0.347. The zero-order valence-corrected chi connectivity index (χ0v) is 7.72. The van der Waals surface area contributed by atoms with Crippen LogP contribution in [0.5, 0.6) is 0 Å². The zero-order valence-electron chi connectivity index (χ0n) is 7.72. The van der Waals surface area contributed by atoms with Crippen molar-refractivity contribution in [2.45, 2.75) is 0 Å². The van der Waals surface area contributed by atoms with Crippen LogP contribution in [0.3, 0.4) is 0 Å². The molecule has 0 radical (unpaired) electrons. The van der Waals surface area contributed by atoms with E-state index < -0.39 is 7.12 Å². The predicted molar refractivity (Wildman–Crippen MR) is 53.9 cm³/mol. The third kappa shape index (κ3) is 2.08. The van der Waals surface area contributed by atoms with Gasteiger partial charge in [-0.15, -0.1) is 0 Å². The van der Waals surface area contributed by atoms with Gasteiger partial charge in [0.2, 0.25) is 0 Å². The van der Waals surface area contributed by atoms with Gasteiger partial charge in [-0.25, -0.2) is 4.39 Å². The minimum atomic E-state index is -1.65. The van der Waals surface area contributed by atoms with Crippen LogP contribution in [-0.2, 0) is 0 Å². The highest BCUT2D eigenvalue weighted by atomic mass is 19.1. The molecule has 0 spiro atoms. The minimum Gasteiger partial charge on any atom is -0.472 e. The van der Waals surface area contributed by atoms with E-state index in [0.717, 1.165) is 0 Å². The summed E-state index contributed by atoms with van der Waals surface area (Å²) in [6.07, 6.45) is 1.35. The van der Waals surface area contributed by atoms with Gasteiger partial charge in [0.05, 0.1) is 6.26 Å². The lowest BCUT2D eigenvalue weighted by atomic mass is 9.87. The highest BCUT2D eigenvalue weighted by Gasteiger charge is 2.16. The molecule has 2 rings (SSSR count). The first-order valence-electron chi connectivity index (χ1n) is 4.37. The Balaban J connectivity index is 2.37. The molecule has 0 saturated heterocycles. The minimum absolute atomic E-state index is 0.0364. The predicted octanol–water partition coefficient (Wildman–Crippen LogP) is 0.765. The average Bonchev–Trinajstić information content (AvgIpc) is 2.66. The number of hydrogen-bond acceptors (Lipinski definition) is 3. The van der Waals surface area contributed by atoms with Crippen molar-refractivity contribution in [3.63, 3.8) is 0 Å². The van der Waals surface area contributed by atoms with Crippen LogP contribution in [0.25, 0.3) is 11.1 Å². The summed E-state index contributed by atoms with van der Waals surface area (Å²) in [6.45, 7) is 0. The molecule has 0 saturated carbocycles. The van der Waals surface area contributed by atoms with Gasteiger partial charge in [-0.3, -0.25) is 0 Å². The fraction of sp³-hybridized carbons (Fsp3) is 0. The van der Waals surface area contributed by atoms with E-state index in [-0.39, 0.29) is 11.5 Å². The highest BCUT2D eigenvalue weighted by molar-refractivity contribution is 6.57. The Morgan fingerprint density at radius 2 is 1.93 bits per heavy atom. The van der Waals surface area contributed by atoms with Crippen molar-refractivity contribution >= 4 is 12.8 Å². The summed E-state index contributed by atoms with van der Waals surface area (Å²) >= 11 is 0. The molecule has 0 aliphatic rings. The second-order valence-electron chi connectivity index (χ2n) is 3.12. The molecule has 1 aromatic heterocycles. The molecule has 5 heteroatoms. The smallest absolute Gasteiger partial charge is 0.472 e. The topological polar surface area (TPSA) is 53.6 Å². The molecule has 15 heavy (non-hydrogen) atoms. The quantitative estimate of drug-likeness (QED) is 0.713. The number of furan rings is 1. The van der Waals surface area contributed by atoms with Gasteiger partial charge in [0.15, 0.2) is 0 Å². The van der Waals surface area contributed by atoms with E-state index in [1.54, 1.807) is 12.1 Å². The molecule has 3 nitrogen and oxygen atoms in total. The van der Waals surface area contributed by atoms with Gasteiger partial charge in [-0.05, 0) is 23.8 Å². The lowest BCUT2D eigenvalue weighted by Gasteiger charge is -1.95. The maximum absolute atomic E-state index is 12.9. The van der Waals surface area contributed by atoms with Crippen molar-refractivity contribution in [3.05, 3.63) is 42.4 Å². The standard InChI is InChI=1S/C10H8BFO3/c12-9-3-1-2-7(4-9)8-5-10(11(13)14)15-6-8/h1-6,13-14H. The molecular weight excluding hydrogens is 198 g/mol. The first-order valence-corrected chi connectivity index (χ1v) is 4.37. The van der Waals surface area contributed by atoms with E-state index >= 15 is 0 Å². The second-order valence-corrected chi connectivity index (χ2v) is 3.12. The summed E-state index contributed by atoms with van der Waals surface area (Å²) in [5.41, 5.74) is 1.28. The van der Waals surface area contributed by atoms with E-state index in [4.69, 9.17) is 14.5 Å². The fourth-order valence-electron chi connectivity index (χ4n) is 1.31. The Hall–Kier alpha value is -1.59. The molecule has 1 aromatic carbocycles. The maximum Gasteiger partial charge on any atom is 0.526 e. The highest BCUT2D eigenvalue weighted by Crippen LogP contribution is 2.19. The molecule has 2 aromatic rings. The Morgan fingerprint density at radius 1 is 1.13 bits per heavy atom. The lowest BCUT2D eigenvalue weighted by Crippen LogP contribution is -2.27. The van der Waals surface area contributed by atoms with Gasteiger partial charge in [0.1, 0.15) is 11.5 Å². The van der Waals surface area contributed by atoms with E-state index in [9.17, 15) is 4.39 Å². The van der Waals surface area contributed by atoms with Crippen LogP contribution < -0.4 is 5.66 Å². The number of hydrogen-bond donors (Lipinski definition) is 2. The monoisotopic (exact) mass is 206 g/mol. The molecule has 0 aliphatic carbocycles. The molecule has 2 N–H and O–H groups in total. The summed E-state index contributed by atoms with van der Waals surface area (Å²) < 4.78 is 17.8. The lowest BCUT2D eigenvalue weighted by molar-refractivity contribution is 0.409. The molecule has 76 valence electrons. The van der Waals surface area contributed by atoms with Gasteiger partial charge < -0.3 is 14.5 Å². The van der Waals surface area contributed by atoms with Crippen LogP contribution in [-0.4, -0.2) is 17.2 Å². The fourth-order valence-corrected chi connectivity index (χ4v) is 1.31. The molecule has 1 heterocycles. The number of halogens is 1. The van der Waals surface area contributed by atoms with Gasteiger partial charge in [0, 0.05) is 5.56 Å². The molecule has 0 atom stereocenters. The molecule has 0 amide bonds. The first kappa shape index (κ1) is 9.95. The zero-order chi connectivity index (χ0) is 10.8. The van der Waals surface area contributed by atoms with E-state index in [0.29, 0.717) is 11.1 Å². The first-order chi connectivity index (χ1) is 7.16. The van der Waals surface area contributed by atoms with Gasteiger partial charge in [-0.1, -0.05) is 12.1 Å². The van der Waals surface area contributed by atoms with Crippen molar-refractivity contribution in [2.24, 2.45) is 0 Å². The van der Waals surface area contributed by atoms with E-state index in [2.05, 4.69) is 0 Å². The SMILES string of the molecule is OB(O)c1cc(-c2cccc(F)c2)co1. The largest absolute Gasteiger partial charge is 0.526 e.